The van der Waals surface area contributed by atoms with Crippen molar-refractivity contribution in [3.8, 4) is 0 Å². The highest BCUT2D eigenvalue weighted by molar-refractivity contribution is 6.43. The lowest BCUT2D eigenvalue weighted by Crippen LogP contribution is -2.27. The molecule has 0 saturated heterocycles. The van der Waals surface area contributed by atoms with Crippen LogP contribution in [0, 0.1) is 0 Å². The third kappa shape index (κ3) is 3.70. The zero-order valence-electron chi connectivity index (χ0n) is 8.31. The standard InChI is InChI=1S/C10H12Cl2N2O/c1-2-13-6-9(15)14-8-5-3-4-7(11)10(8)12/h3-5,13H,2,6H2,1H3,(H,14,15). The van der Waals surface area contributed by atoms with Gasteiger partial charge in [0.15, 0.2) is 0 Å². The first-order valence-electron chi connectivity index (χ1n) is 4.59. The van der Waals surface area contributed by atoms with Gasteiger partial charge in [-0.1, -0.05) is 36.2 Å². The fraction of sp³-hybridized carbons (Fsp3) is 0.300. The minimum atomic E-state index is -0.138. The SMILES string of the molecule is CCNCC(=O)Nc1cccc(Cl)c1Cl. The minimum Gasteiger partial charge on any atom is -0.324 e. The van der Waals surface area contributed by atoms with Crippen molar-refractivity contribution in [2.75, 3.05) is 18.4 Å². The van der Waals surface area contributed by atoms with Gasteiger partial charge in [0.05, 0.1) is 22.3 Å². The van der Waals surface area contributed by atoms with Gasteiger partial charge in [0.1, 0.15) is 0 Å². The lowest BCUT2D eigenvalue weighted by Gasteiger charge is -2.07. The topological polar surface area (TPSA) is 41.1 Å². The first-order valence-corrected chi connectivity index (χ1v) is 5.35. The van der Waals surface area contributed by atoms with E-state index in [-0.39, 0.29) is 12.5 Å². The number of rotatable bonds is 4. The van der Waals surface area contributed by atoms with E-state index in [1.54, 1.807) is 18.2 Å². The van der Waals surface area contributed by atoms with Crippen LogP contribution in [0.3, 0.4) is 0 Å². The van der Waals surface area contributed by atoms with E-state index in [0.29, 0.717) is 15.7 Å². The molecule has 1 rings (SSSR count). The molecule has 0 spiro atoms. The van der Waals surface area contributed by atoms with E-state index in [1.807, 2.05) is 6.92 Å². The number of carbonyl (C=O) groups excluding carboxylic acids is 1. The van der Waals surface area contributed by atoms with Crippen LogP contribution in [0.5, 0.6) is 0 Å². The molecule has 15 heavy (non-hydrogen) atoms. The van der Waals surface area contributed by atoms with Crippen molar-refractivity contribution >= 4 is 34.8 Å². The average molecular weight is 247 g/mol. The fourth-order valence-electron chi connectivity index (χ4n) is 1.03. The van der Waals surface area contributed by atoms with E-state index in [2.05, 4.69) is 10.6 Å². The van der Waals surface area contributed by atoms with Crippen molar-refractivity contribution < 1.29 is 4.79 Å². The van der Waals surface area contributed by atoms with Crippen molar-refractivity contribution in [2.45, 2.75) is 6.92 Å². The quantitative estimate of drug-likeness (QED) is 0.858. The summed E-state index contributed by atoms with van der Waals surface area (Å²) in [6, 6.07) is 5.11. The van der Waals surface area contributed by atoms with Crippen LogP contribution in [0.15, 0.2) is 18.2 Å². The number of hydrogen-bond donors (Lipinski definition) is 2. The summed E-state index contributed by atoms with van der Waals surface area (Å²) < 4.78 is 0. The Morgan fingerprint density at radius 2 is 2.13 bits per heavy atom. The zero-order valence-corrected chi connectivity index (χ0v) is 9.82. The summed E-state index contributed by atoms with van der Waals surface area (Å²) in [6.07, 6.45) is 0. The molecule has 0 radical (unpaired) electrons. The number of anilines is 1. The predicted octanol–water partition coefficient (Wildman–Crippen LogP) is 2.54. The molecule has 0 saturated carbocycles. The van der Waals surface area contributed by atoms with Gasteiger partial charge in [0.2, 0.25) is 5.91 Å². The Morgan fingerprint density at radius 1 is 1.40 bits per heavy atom. The summed E-state index contributed by atoms with van der Waals surface area (Å²) in [5.41, 5.74) is 0.534. The van der Waals surface area contributed by atoms with Gasteiger partial charge in [-0.05, 0) is 18.7 Å². The molecule has 0 aliphatic heterocycles. The minimum absolute atomic E-state index is 0.138. The molecule has 1 aromatic carbocycles. The summed E-state index contributed by atoms with van der Waals surface area (Å²) in [7, 11) is 0. The summed E-state index contributed by atoms with van der Waals surface area (Å²) in [5, 5.41) is 6.38. The van der Waals surface area contributed by atoms with E-state index >= 15 is 0 Å². The number of amides is 1. The highest BCUT2D eigenvalue weighted by Gasteiger charge is 2.07. The van der Waals surface area contributed by atoms with Crippen LogP contribution in [0.2, 0.25) is 10.0 Å². The van der Waals surface area contributed by atoms with Crippen LogP contribution in [0.25, 0.3) is 0 Å². The number of hydrogen-bond acceptors (Lipinski definition) is 2. The third-order valence-corrected chi connectivity index (χ3v) is 2.58. The van der Waals surface area contributed by atoms with Crippen molar-refractivity contribution in [1.82, 2.24) is 5.32 Å². The van der Waals surface area contributed by atoms with Gasteiger partial charge in [-0.15, -0.1) is 0 Å². The average Bonchev–Trinajstić information content (AvgIpc) is 2.22. The summed E-state index contributed by atoms with van der Waals surface area (Å²) in [5.74, 6) is -0.138. The Kier molecular flexibility index (Phi) is 4.88. The van der Waals surface area contributed by atoms with Crippen LogP contribution in [0.1, 0.15) is 6.92 Å². The number of carbonyl (C=O) groups is 1. The molecule has 5 heteroatoms. The molecule has 0 bridgehead atoms. The van der Waals surface area contributed by atoms with E-state index in [0.717, 1.165) is 6.54 Å². The van der Waals surface area contributed by atoms with E-state index < -0.39 is 0 Å². The van der Waals surface area contributed by atoms with Crippen LogP contribution in [-0.4, -0.2) is 19.0 Å². The van der Waals surface area contributed by atoms with Gasteiger partial charge in [-0.25, -0.2) is 0 Å². The molecule has 0 atom stereocenters. The van der Waals surface area contributed by atoms with Gasteiger partial charge in [0.25, 0.3) is 0 Å². The molecule has 0 aliphatic rings. The lowest BCUT2D eigenvalue weighted by atomic mass is 10.3. The molecule has 0 aliphatic carbocycles. The fourth-order valence-corrected chi connectivity index (χ4v) is 1.38. The Labute approximate surface area is 98.8 Å². The summed E-state index contributed by atoms with van der Waals surface area (Å²) in [4.78, 5) is 11.4. The zero-order chi connectivity index (χ0) is 11.3. The van der Waals surface area contributed by atoms with Crippen LogP contribution in [-0.2, 0) is 4.79 Å². The Bertz CT molecular complexity index is 355. The first-order chi connectivity index (χ1) is 7.15. The van der Waals surface area contributed by atoms with Crippen molar-refractivity contribution in [3.05, 3.63) is 28.2 Å². The van der Waals surface area contributed by atoms with Gasteiger partial charge < -0.3 is 10.6 Å². The molecule has 82 valence electrons. The van der Waals surface area contributed by atoms with Crippen molar-refractivity contribution in [2.24, 2.45) is 0 Å². The predicted molar refractivity (Wildman–Crippen MR) is 63.6 cm³/mol. The van der Waals surface area contributed by atoms with Crippen LogP contribution >= 0.6 is 23.2 Å². The number of benzene rings is 1. The van der Waals surface area contributed by atoms with E-state index in [9.17, 15) is 4.79 Å². The van der Waals surface area contributed by atoms with Crippen molar-refractivity contribution in [1.29, 1.82) is 0 Å². The molecule has 0 heterocycles. The van der Waals surface area contributed by atoms with Gasteiger partial charge in [0, 0.05) is 0 Å². The second-order valence-corrected chi connectivity index (χ2v) is 3.72. The van der Waals surface area contributed by atoms with E-state index in [4.69, 9.17) is 23.2 Å². The highest BCUT2D eigenvalue weighted by atomic mass is 35.5. The third-order valence-electron chi connectivity index (χ3n) is 1.76. The second-order valence-electron chi connectivity index (χ2n) is 2.93. The van der Waals surface area contributed by atoms with E-state index in [1.165, 1.54) is 0 Å². The molecular weight excluding hydrogens is 235 g/mol. The molecule has 0 aromatic heterocycles. The largest absolute Gasteiger partial charge is 0.324 e. The monoisotopic (exact) mass is 246 g/mol. The summed E-state index contributed by atoms with van der Waals surface area (Å²) >= 11 is 11.7. The van der Waals surface area contributed by atoms with Crippen molar-refractivity contribution in [3.63, 3.8) is 0 Å². The second kappa shape index (κ2) is 5.95. The smallest absolute Gasteiger partial charge is 0.238 e. The van der Waals surface area contributed by atoms with Gasteiger partial charge >= 0.3 is 0 Å². The maximum atomic E-state index is 11.4. The Hall–Kier alpha value is -0.770. The highest BCUT2D eigenvalue weighted by Crippen LogP contribution is 2.29. The number of likely N-dealkylation sites (N-methyl/N-ethyl adjacent to an activating group) is 1. The molecule has 1 aromatic rings. The molecule has 1 amide bonds. The number of halogens is 2. The molecule has 0 fully saturated rings. The van der Waals surface area contributed by atoms with Gasteiger partial charge in [-0.3, -0.25) is 4.79 Å². The number of nitrogens with one attached hydrogen (secondary N) is 2. The first kappa shape index (κ1) is 12.3. The normalized spacial score (nSPS) is 10.1. The molecule has 3 nitrogen and oxygen atoms in total. The van der Waals surface area contributed by atoms with Crippen LogP contribution < -0.4 is 10.6 Å². The van der Waals surface area contributed by atoms with Gasteiger partial charge in [-0.2, -0.15) is 0 Å². The lowest BCUT2D eigenvalue weighted by molar-refractivity contribution is -0.115. The molecule has 0 unspecified atom stereocenters. The molecule has 2 N–H and O–H groups in total. The Morgan fingerprint density at radius 3 is 2.80 bits per heavy atom. The molecular formula is C10H12Cl2N2O. The van der Waals surface area contributed by atoms with Crippen LogP contribution in [0.4, 0.5) is 5.69 Å². The maximum Gasteiger partial charge on any atom is 0.238 e. The maximum absolute atomic E-state index is 11.4. The Balaban J connectivity index is 2.64. The summed E-state index contributed by atoms with van der Waals surface area (Å²) in [6.45, 7) is 2.94.